The first-order valence-corrected chi connectivity index (χ1v) is 9.19. The van der Waals surface area contributed by atoms with Gasteiger partial charge in [0.1, 0.15) is 28.9 Å². The summed E-state index contributed by atoms with van der Waals surface area (Å²) >= 11 is 0. The van der Waals surface area contributed by atoms with Crippen LogP contribution in [0.5, 0.6) is 11.5 Å². The van der Waals surface area contributed by atoms with Crippen molar-refractivity contribution in [3.8, 4) is 11.5 Å². The van der Waals surface area contributed by atoms with Crippen LogP contribution in [-0.2, 0) is 4.79 Å². The first-order chi connectivity index (χ1) is 14.9. The minimum Gasteiger partial charge on any atom is -0.497 e. The molecule has 0 spiro atoms. The van der Waals surface area contributed by atoms with Gasteiger partial charge in [0, 0.05) is 30.1 Å². The van der Waals surface area contributed by atoms with Gasteiger partial charge in [0.2, 0.25) is 11.9 Å². The van der Waals surface area contributed by atoms with E-state index in [0.717, 1.165) is 0 Å². The fraction of sp³-hybridized carbons (Fsp3) is 0.143. The van der Waals surface area contributed by atoms with Crippen molar-refractivity contribution >= 4 is 29.3 Å². The Morgan fingerprint density at radius 2 is 1.65 bits per heavy atom. The number of rotatable bonds is 9. The SMILES string of the molecule is COc1cc(Nc2nc(N[C@@H](C(N)=O)c3ccccc3)ncc2C(N)=O)cc(OC)c1. The number of hydrogen-bond donors (Lipinski definition) is 4. The van der Waals surface area contributed by atoms with E-state index in [4.69, 9.17) is 20.9 Å². The van der Waals surface area contributed by atoms with Crippen LogP contribution < -0.4 is 31.6 Å². The van der Waals surface area contributed by atoms with E-state index in [9.17, 15) is 9.59 Å². The number of carbonyl (C=O) groups is 2. The van der Waals surface area contributed by atoms with Crippen LogP contribution in [0, 0.1) is 0 Å². The Labute approximate surface area is 178 Å². The van der Waals surface area contributed by atoms with Gasteiger partial charge in [-0.2, -0.15) is 4.98 Å². The van der Waals surface area contributed by atoms with E-state index in [0.29, 0.717) is 22.7 Å². The van der Waals surface area contributed by atoms with Crippen LogP contribution in [0.3, 0.4) is 0 Å². The average molecular weight is 422 g/mol. The minimum atomic E-state index is -0.870. The lowest BCUT2D eigenvalue weighted by Crippen LogP contribution is -2.28. The summed E-state index contributed by atoms with van der Waals surface area (Å²) in [5.74, 6) is -0.0497. The first kappa shape index (κ1) is 21.4. The summed E-state index contributed by atoms with van der Waals surface area (Å²) in [7, 11) is 3.04. The van der Waals surface area contributed by atoms with Crippen molar-refractivity contribution in [3.63, 3.8) is 0 Å². The molecule has 0 saturated heterocycles. The molecule has 0 radical (unpaired) electrons. The van der Waals surface area contributed by atoms with Gasteiger partial charge in [0.25, 0.3) is 5.91 Å². The molecule has 10 heteroatoms. The number of anilines is 3. The molecule has 2 amide bonds. The molecule has 0 saturated carbocycles. The van der Waals surface area contributed by atoms with Crippen molar-refractivity contribution in [2.75, 3.05) is 24.9 Å². The molecule has 3 aromatic rings. The quantitative estimate of drug-likeness (QED) is 0.408. The topological polar surface area (TPSA) is 154 Å². The summed E-state index contributed by atoms with van der Waals surface area (Å²) in [4.78, 5) is 32.3. The van der Waals surface area contributed by atoms with Crippen molar-refractivity contribution < 1.29 is 19.1 Å². The Balaban J connectivity index is 1.96. The molecular formula is C21H22N6O4. The largest absolute Gasteiger partial charge is 0.497 e. The fourth-order valence-corrected chi connectivity index (χ4v) is 2.84. The predicted octanol–water partition coefficient (Wildman–Crippen LogP) is 1.97. The van der Waals surface area contributed by atoms with Crippen molar-refractivity contribution in [1.82, 2.24) is 9.97 Å². The Morgan fingerprint density at radius 3 is 2.19 bits per heavy atom. The number of carbonyl (C=O) groups excluding carboxylic acids is 2. The van der Waals surface area contributed by atoms with Crippen LogP contribution in [-0.4, -0.2) is 36.0 Å². The number of ether oxygens (including phenoxy) is 2. The highest BCUT2D eigenvalue weighted by molar-refractivity contribution is 5.98. The molecule has 0 unspecified atom stereocenters. The molecule has 1 atom stereocenters. The second kappa shape index (κ2) is 9.44. The lowest BCUT2D eigenvalue weighted by atomic mass is 10.1. The molecule has 31 heavy (non-hydrogen) atoms. The third-order valence-corrected chi connectivity index (χ3v) is 4.36. The van der Waals surface area contributed by atoms with Crippen molar-refractivity contribution in [1.29, 1.82) is 0 Å². The van der Waals surface area contributed by atoms with E-state index in [-0.39, 0.29) is 17.3 Å². The molecule has 1 heterocycles. The van der Waals surface area contributed by atoms with Gasteiger partial charge >= 0.3 is 0 Å². The maximum atomic E-state index is 12.0. The van der Waals surface area contributed by atoms with Crippen LogP contribution in [0.1, 0.15) is 22.0 Å². The normalized spacial score (nSPS) is 11.3. The van der Waals surface area contributed by atoms with Gasteiger partial charge < -0.3 is 31.6 Å². The zero-order valence-corrected chi connectivity index (χ0v) is 17.0. The Bertz CT molecular complexity index is 1070. The van der Waals surface area contributed by atoms with Crippen LogP contribution in [0.4, 0.5) is 17.5 Å². The number of primary amides is 2. The third kappa shape index (κ3) is 5.18. The Hall–Kier alpha value is -4.34. The molecular weight excluding hydrogens is 400 g/mol. The predicted molar refractivity (Wildman–Crippen MR) is 115 cm³/mol. The summed E-state index contributed by atoms with van der Waals surface area (Å²) in [6.07, 6.45) is 1.26. The van der Waals surface area contributed by atoms with E-state index in [1.165, 1.54) is 20.4 Å². The number of nitrogens with zero attached hydrogens (tertiary/aromatic N) is 2. The van der Waals surface area contributed by atoms with Crippen molar-refractivity contribution in [2.24, 2.45) is 11.5 Å². The molecule has 0 aliphatic rings. The highest BCUT2D eigenvalue weighted by Crippen LogP contribution is 2.29. The van der Waals surface area contributed by atoms with E-state index in [2.05, 4.69) is 20.6 Å². The molecule has 0 aliphatic heterocycles. The zero-order valence-electron chi connectivity index (χ0n) is 17.0. The van der Waals surface area contributed by atoms with Crippen LogP contribution in [0.2, 0.25) is 0 Å². The van der Waals surface area contributed by atoms with Gasteiger partial charge in [-0.3, -0.25) is 9.59 Å². The lowest BCUT2D eigenvalue weighted by Gasteiger charge is -2.17. The maximum Gasteiger partial charge on any atom is 0.254 e. The standard InChI is InChI=1S/C21H22N6O4/c1-30-14-8-13(9-15(10-14)31-2)25-20-16(18(22)28)11-24-21(27-20)26-17(19(23)29)12-6-4-3-5-7-12/h3-11,17H,1-2H3,(H2,22,28)(H2,23,29)(H2,24,25,26,27)/t17-/m1/s1. The number of methoxy groups -OCH3 is 2. The molecule has 2 aromatic carbocycles. The second-order valence-corrected chi connectivity index (χ2v) is 6.44. The van der Waals surface area contributed by atoms with E-state index < -0.39 is 17.9 Å². The molecule has 3 rings (SSSR count). The zero-order chi connectivity index (χ0) is 22.4. The van der Waals surface area contributed by atoms with Gasteiger partial charge in [-0.1, -0.05) is 30.3 Å². The first-order valence-electron chi connectivity index (χ1n) is 9.19. The molecule has 0 fully saturated rings. The lowest BCUT2D eigenvalue weighted by molar-refractivity contribution is -0.118. The van der Waals surface area contributed by atoms with Crippen LogP contribution in [0.15, 0.2) is 54.7 Å². The number of amides is 2. The minimum absolute atomic E-state index is 0.0580. The van der Waals surface area contributed by atoms with Gasteiger partial charge in [-0.15, -0.1) is 0 Å². The summed E-state index contributed by atoms with van der Waals surface area (Å²) in [6.45, 7) is 0. The monoisotopic (exact) mass is 422 g/mol. The Morgan fingerprint density at radius 1 is 1.00 bits per heavy atom. The Kier molecular flexibility index (Phi) is 6.51. The van der Waals surface area contributed by atoms with E-state index >= 15 is 0 Å². The summed E-state index contributed by atoms with van der Waals surface area (Å²) in [6, 6.07) is 13.1. The smallest absolute Gasteiger partial charge is 0.254 e. The number of hydrogen-bond acceptors (Lipinski definition) is 8. The molecule has 0 bridgehead atoms. The van der Waals surface area contributed by atoms with Crippen LogP contribution in [0.25, 0.3) is 0 Å². The van der Waals surface area contributed by atoms with Crippen LogP contribution >= 0.6 is 0 Å². The maximum absolute atomic E-state index is 12.0. The molecule has 10 nitrogen and oxygen atoms in total. The molecule has 160 valence electrons. The molecule has 0 aliphatic carbocycles. The molecule has 6 N–H and O–H groups in total. The van der Waals surface area contributed by atoms with Gasteiger partial charge in [0.05, 0.1) is 14.2 Å². The third-order valence-electron chi connectivity index (χ3n) is 4.36. The summed E-state index contributed by atoms with van der Waals surface area (Å²) < 4.78 is 10.5. The second-order valence-electron chi connectivity index (χ2n) is 6.44. The fourth-order valence-electron chi connectivity index (χ4n) is 2.84. The van der Waals surface area contributed by atoms with E-state index in [1.807, 2.05) is 6.07 Å². The number of nitrogens with two attached hydrogens (primary N) is 2. The summed E-state index contributed by atoms with van der Waals surface area (Å²) in [5, 5.41) is 5.91. The number of aromatic nitrogens is 2. The van der Waals surface area contributed by atoms with Gasteiger partial charge in [0.15, 0.2) is 0 Å². The highest BCUT2D eigenvalue weighted by Gasteiger charge is 2.20. The van der Waals surface area contributed by atoms with Gasteiger partial charge in [-0.05, 0) is 5.56 Å². The van der Waals surface area contributed by atoms with Crippen molar-refractivity contribution in [2.45, 2.75) is 6.04 Å². The average Bonchev–Trinajstić information content (AvgIpc) is 2.77. The summed E-state index contributed by atoms with van der Waals surface area (Å²) in [5.41, 5.74) is 12.3. The van der Waals surface area contributed by atoms with Crippen molar-refractivity contribution in [3.05, 3.63) is 65.9 Å². The number of nitrogens with one attached hydrogen (secondary N) is 2. The molecule has 1 aromatic heterocycles. The van der Waals surface area contributed by atoms with E-state index in [1.54, 1.807) is 42.5 Å². The highest BCUT2D eigenvalue weighted by atomic mass is 16.5. The van der Waals surface area contributed by atoms with Gasteiger partial charge in [-0.25, -0.2) is 4.98 Å². The number of benzene rings is 2.